The number of hydrogen-bond donors (Lipinski definition) is 0. The van der Waals surface area contributed by atoms with Crippen molar-refractivity contribution in [2.45, 2.75) is 17.5 Å². The van der Waals surface area contributed by atoms with Crippen LogP contribution in [0.3, 0.4) is 0 Å². The van der Waals surface area contributed by atoms with Crippen molar-refractivity contribution in [3.63, 3.8) is 0 Å². The number of thioether (sulfide) groups is 1. The molecule has 7 heteroatoms. The molecule has 3 aromatic rings. The summed E-state index contributed by atoms with van der Waals surface area (Å²) < 4.78 is 7.64. The molecule has 24 heavy (non-hydrogen) atoms. The maximum Gasteiger partial charge on any atom is 0.191 e. The lowest BCUT2D eigenvalue weighted by Crippen LogP contribution is -2.04. The molecule has 0 N–H and O–H groups in total. The zero-order chi connectivity index (χ0) is 16.9. The van der Waals surface area contributed by atoms with Gasteiger partial charge < -0.3 is 9.30 Å². The second-order valence-corrected chi connectivity index (χ2v) is 6.88. The van der Waals surface area contributed by atoms with E-state index >= 15 is 0 Å². The van der Waals surface area contributed by atoms with Gasteiger partial charge in [0.2, 0.25) is 0 Å². The molecular weight excluding hydrogens is 365 g/mol. The fraction of sp³-hybridized carbons (Fsp3) is 0.176. The second-order valence-electron chi connectivity index (χ2n) is 5.10. The molecule has 0 atom stereocenters. The number of rotatable bonds is 6. The average molecular weight is 380 g/mol. The van der Waals surface area contributed by atoms with Gasteiger partial charge in [-0.15, -0.1) is 10.2 Å². The van der Waals surface area contributed by atoms with E-state index in [1.807, 2.05) is 54.1 Å². The predicted octanol–water partition coefficient (Wildman–Crippen LogP) is 4.99. The summed E-state index contributed by atoms with van der Waals surface area (Å²) in [5.41, 5.74) is 1.14. The van der Waals surface area contributed by atoms with E-state index in [9.17, 15) is 0 Å². The Hall–Kier alpha value is -1.69. The quantitative estimate of drug-likeness (QED) is 0.565. The monoisotopic (exact) mass is 379 g/mol. The molecule has 0 aliphatic rings. The highest BCUT2D eigenvalue weighted by atomic mass is 35.5. The van der Waals surface area contributed by atoms with E-state index in [2.05, 4.69) is 10.2 Å². The molecule has 124 valence electrons. The molecule has 0 aliphatic heterocycles. The van der Waals surface area contributed by atoms with Crippen molar-refractivity contribution >= 4 is 35.0 Å². The second kappa shape index (κ2) is 7.92. The van der Waals surface area contributed by atoms with E-state index in [1.165, 1.54) is 0 Å². The highest BCUT2D eigenvalue weighted by Crippen LogP contribution is 2.25. The van der Waals surface area contributed by atoms with Crippen LogP contribution < -0.4 is 4.74 Å². The normalized spacial score (nSPS) is 10.8. The first kappa shape index (κ1) is 17.1. The number of halogens is 2. The van der Waals surface area contributed by atoms with Crippen LogP contribution in [0.4, 0.5) is 0 Å². The highest BCUT2D eigenvalue weighted by molar-refractivity contribution is 7.98. The molecule has 0 saturated heterocycles. The van der Waals surface area contributed by atoms with Gasteiger partial charge in [0.05, 0.1) is 5.02 Å². The lowest BCUT2D eigenvalue weighted by Gasteiger charge is -2.08. The molecular formula is C17H15Cl2N3OS. The van der Waals surface area contributed by atoms with E-state index in [1.54, 1.807) is 17.8 Å². The maximum atomic E-state index is 6.08. The number of benzene rings is 2. The van der Waals surface area contributed by atoms with Crippen molar-refractivity contribution in [1.29, 1.82) is 0 Å². The van der Waals surface area contributed by atoms with Gasteiger partial charge in [-0.25, -0.2) is 0 Å². The van der Waals surface area contributed by atoms with Crippen molar-refractivity contribution in [3.05, 3.63) is 70.0 Å². The first-order chi connectivity index (χ1) is 11.6. The van der Waals surface area contributed by atoms with Gasteiger partial charge in [-0.3, -0.25) is 0 Å². The molecule has 1 heterocycles. The van der Waals surface area contributed by atoms with Gasteiger partial charge in [0.15, 0.2) is 11.0 Å². The smallest absolute Gasteiger partial charge is 0.191 e. The molecule has 0 aliphatic carbocycles. The predicted molar refractivity (Wildman–Crippen MR) is 97.8 cm³/mol. The number of ether oxygens (including phenoxy) is 1. The summed E-state index contributed by atoms with van der Waals surface area (Å²) in [4.78, 5) is 0. The van der Waals surface area contributed by atoms with Crippen LogP contribution in [0.15, 0.2) is 53.7 Å². The Labute approximate surface area is 154 Å². The third-order valence-electron chi connectivity index (χ3n) is 3.38. The van der Waals surface area contributed by atoms with Crippen molar-refractivity contribution in [2.24, 2.45) is 7.05 Å². The van der Waals surface area contributed by atoms with Crippen LogP contribution in [-0.4, -0.2) is 14.8 Å². The van der Waals surface area contributed by atoms with Gasteiger partial charge in [-0.2, -0.15) is 0 Å². The Balaban J connectivity index is 1.62. The van der Waals surface area contributed by atoms with Gasteiger partial charge in [0.1, 0.15) is 12.4 Å². The molecule has 0 bridgehead atoms. The molecule has 0 radical (unpaired) electrons. The number of para-hydroxylation sites is 1. The largest absolute Gasteiger partial charge is 0.484 e. The highest BCUT2D eigenvalue weighted by Gasteiger charge is 2.11. The van der Waals surface area contributed by atoms with E-state index in [0.29, 0.717) is 17.4 Å². The van der Waals surface area contributed by atoms with Gasteiger partial charge in [0, 0.05) is 17.8 Å². The third kappa shape index (κ3) is 4.23. The first-order valence-electron chi connectivity index (χ1n) is 7.26. The van der Waals surface area contributed by atoms with Crippen molar-refractivity contribution in [3.8, 4) is 5.75 Å². The van der Waals surface area contributed by atoms with Crippen LogP contribution in [0.5, 0.6) is 5.75 Å². The topological polar surface area (TPSA) is 39.9 Å². The molecule has 0 spiro atoms. The Kier molecular flexibility index (Phi) is 5.66. The molecule has 0 unspecified atom stereocenters. The number of aromatic nitrogens is 3. The van der Waals surface area contributed by atoms with Crippen LogP contribution in [-0.2, 0) is 19.4 Å². The van der Waals surface area contributed by atoms with Gasteiger partial charge >= 0.3 is 0 Å². The van der Waals surface area contributed by atoms with E-state index < -0.39 is 0 Å². The summed E-state index contributed by atoms with van der Waals surface area (Å²) in [6.45, 7) is 0.310. The first-order valence-corrected chi connectivity index (χ1v) is 9.00. The Bertz CT molecular complexity index is 838. The van der Waals surface area contributed by atoms with Crippen LogP contribution in [0, 0.1) is 0 Å². The summed E-state index contributed by atoms with van der Waals surface area (Å²) >= 11 is 13.7. The Morgan fingerprint density at radius 3 is 2.71 bits per heavy atom. The molecule has 0 saturated carbocycles. The van der Waals surface area contributed by atoms with Crippen LogP contribution in [0.25, 0.3) is 0 Å². The summed E-state index contributed by atoms with van der Waals surface area (Å²) in [6, 6.07) is 15.2. The van der Waals surface area contributed by atoms with Crippen molar-refractivity contribution in [1.82, 2.24) is 14.8 Å². The average Bonchev–Trinajstić information content (AvgIpc) is 2.92. The lowest BCUT2D eigenvalue weighted by atomic mass is 10.2. The van der Waals surface area contributed by atoms with Gasteiger partial charge in [-0.1, -0.05) is 59.2 Å². The SMILES string of the molecule is Cn1c(COc2ccccc2Cl)nnc1SCc1cccc(Cl)c1. The van der Waals surface area contributed by atoms with E-state index in [0.717, 1.165) is 27.3 Å². The Morgan fingerprint density at radius 1 is 1.08 bits per heavy atom. The van der Waals surface area contributed by atoms with E-state index in [4.69, 9.17) is 27.9 Å². The minimum atomic E-state index is 0.310. The van der Waals surface area contributed by atoms with Crippen molar-refractivity contribution < 1.29 is 4.74 Å². The number of nitrogens with zero attached hydrogens (tertiary/aromatic N) is 3. The summed E-state index contributed by atoms with van der Waals surface area (Å²) in [7, 11) is 1.92. The van der Waals surface area contributed by atoms with Gasteiger partial charge in [0.25, 0.3) is 0 Å². The zero-order valence-corrected chi connectivity index (χ0v) is 15.3. The molecule has 0 fully saturated rings. The van der Waals surface area contributed by atoms with Gasteiger partial charge in [-0.05, 0) is 29.8 Å². The van der Waals surface area contributed by atoms with Crippen LogP contribution in [0.1, 0.15) is 11.4 Å². The summed E-state index contributed by atoms with van der Waals surface area (Å²) in [6.07, 6.45) is 0. The van der Waals surface area contributed by atoms with Crippen LogP contribution >= 0.6 is 35.0 Å². The van der Waals surface area contributed by atoms with Crippen molar-refractivity contribution in [2.75, 3.05) is 0 Å². The summed E-state index contributed by atoms with van der Waals surface area (Å²) in [5.74, 6) is 2.15. The Morgan fingerprint density at radius 2 is 1.92 bits per heavy atom. The third-order valence-corrected chi connectivity index (χ3v) is 5.01. The molecule has 0 amide bonds. The summed E-state index contributed by atoms with van der Waals surface area (Å²) in [5, 5.41) is 10.5. The molecule has 1 aromatic heterocycles. The zero-order valence-electron chi connectivity index (χ0n) is 12.9. The number of hydrogen-bond acceptors (Lipinski definition) is 4. The fourth-order valence-corrected chi connectivity index (χ4v) is 3.35. The molecule has 2 aromatic carbocycles. The molecule has 4 nitrogen and oxygen atoms in total. The minimum absolute atomic E-state index is 0.310. The maximum absolute atomic E-state index is 6.08. The van der Waals surface area contributed by atoms with E-state index in [-0.39, 0.29) is 0 Å². The lowest BCUT2D eigenvalue weighted by molar-refractivity contribution is 0.290. The molecule has 3 rings (SSSR count). The minimum Gasteiger partial charge on any atom is -0.484 e. The van der Waals surface area contributed by atoms with Crippen LogP contribution in [0.2, 0.25) is 10.0 Å². The standard InChI is InChI=1S/C17H15Cl2N3OS/c1-22-16(10-23-15-8-3-2-7-14(15)19)20-21-17(22)24-11-12-5-4-6-13(18)9-12/h2-9H,10-11H2,1H3. The fourth-order valence-electron chi connectivity index (χ4n) is 2.08.